The fraction of sp³-hybridized carbons (Fsp3) is 0.167. The average molecular weight is 353 g/mol. The number of anilines is 1. The average Bonchev–Trinajstić information content (AvgIpc) is 3.34. The van der Waals surface area contributed by atoms with Crippen molar-refractivity contribution in [1.29, 1.82) is 0 Å². The first-order valence-corrected chi connectivity index (χ1v) is 8.12. The number of nitrogens with one attached hydrogen (secondary N) is 3. The molecule has 8 nitrogen and oxygen atoms in total. The molecule has 2 heterocycles. The molecule has 0 bridgehead atoms. The molecule has 0 spiro atoms. The number of amides is 3. The van der Waals surface area contributed by atoms with Gasteiger partial charge in [-0.15, -0.1) is 0 Å². The number of carbonyl (C=O) groups is 2. The van der Waals surface area contributed by atoms with E-state index in [4.69, 9.17) is 4.42 Å². The summed E-state index contributed by atoms with van der Waals surface area (Å²) in [5.74, 6) is -0.0732. The van der Waals surface area contributed by atoms with Crippen LogP contribution in [-0.2, 0) is 6.54 Å². The third kappa shape index (κ3) is 4.97. The normalized spacial score (nSPS) is 10.3. The maximum Gasteiger partial charge on any atom is 0.319 e. The van der Waals surface area contributed by atoms with Crippen molar-refractivity contribution in [2.24, 2.45) is 0 Å². The number of rotatable bonds is 7. The highest BCUT2D eigenvalue weighted by molar-refractivity contribution is 5.91. The molecule has 3 rings (SSSR count). The smallest absolute Gasteiger partial charge is 0.319 e. The number of furan rings is 1. The van der Waals surface area contributed by atoms with Crippen LogP contribution in [0.15, 0.2) is 65.8 Å². The summed E-state index contributed by atoms with van der Waals surface area (Å²) in [6.07, 6.45) is 6.81. The quantitative estimate of drug-likeness (QED) is 0.566. The topological polar surface area (TPSA) is 101 Å². The molecule has 0 fully saturated rings. The van der Waals surface area contributed by atoms with Crippen LogP contribution in [0.25, 0.3) is 0 Å². The molecule has 0 saturated heterocycles. The van der Waals surface area contributed by atoms with E-state index in [2.05, 4.69) is 20.9 Å². The van der Waals surface area contributed by atoms with Crippen LogP contribution in [0.4, 0.5) is 10.5 Å². The Balaban J connectivity index is 1.37. The van der Waals surface area contributed by atoms with Gasteiger partial charge in [-0.1, -0.05) is 12.1 Å². The van der Waals surface area contributed by atoms with Gasteiger partial charge in [0.25, 0.3) is 5.91 Å². The van der Waals surface area contributed by atoms with Gasteiger partial charge in [0.15, 0.2) is 5.76 Å². The van der Waals surface area contributed by atoms with E-state index >= 15 is 0 Å². The molecular formula is C18H19N5O3. The molecule has 0 radical (unpaired) electrons. The fourth-order valence-corrected chi connectivity index (χ4v) is 2.31. The van der Waals surface area contributed by atoms with Crippen molar-refractivity contribution < 1.29 is 14.0 Å². The first-order chi connectivity index (χ1) is 12.7. The molecule has 2 aromatic heterocycles. The number of nitrogens with zero attached hydrogens (tertiary/aromatic N) is 2. The summed E-state index contributed by atoms with van der Waals surface area (Å²) in [7, 11) is 0. The minimum Gasteiger partial charge on any atom is -0.459 e. The van der Waals surface area contributed by atoms with E-state index in [1.54, 1.807) is 24.7 Å². The second-order valence-electron chi connectivity index (χ2n) is 5.55. The second kappa shape index (κ2) is 8.52. The molecular weight excluding hydrogens is 334 g/mol. The van der Waals surface area contributed by atoms with E-state index in [1.165, 1.54) is 6.26 Å². The molecule has 1 aromatic carbocycles. The van der Waals surface area contributed by atoms with Crippen LogP contribution in [0.2, 0.25) is 0 Å². The number of benzene rings is 1. The van der Waals surface area contributed by atoms with Gasteiger partial charge in [-0.05, 0) is 29.8 Å². The highest BCUT2D eigenvalue weighted by Gasteiger charge is 2.07. The van der Waals surface area contributed by atoms with Gasteiger partial charge in [-0.3, -0.25) is 4.79 Å². The SMILES string of the molecule is O=C(NCCNC(=O)c1ccco1)Nc1ccc(Cn2ccnc2)cc1. The number of hydrogen-bond donors (Lipinski definition) is 3. The molecule has 0 atom stereocenters. The monoisotopic (exact) mass is 353 g/mol. The van der Waals surface area contributed by atoms with E-state index in [-0.39, 0.29) is 17.7 Å². The van der Waals surface area contributed by atoms with Gasteiger partial charge in [0, 0.05) is 37.7 Å². The van der Waals surface area contributed by atoms with Crippen molar-refractivity contribution in [3.05, 3.63) is 72.7 Å². The molecule has 26 heavy (non-hydrogen) atoms. The predicted molar refractivity (Wildman–Crippen MR) is 95.8 cm³/mol. The number of hydrogen-bond acceptors (Lipinski definition) is 4. The van der Waals surface area contributed by atoms with Crippen molar-refractivity contribution >= 4 is 17.6 Å². The molecule has 0 aliphatic carbocycles. The lowest BCUT2D eigenvalue weighted by Gasteiger charge is -2.09. The minimum absolute atomic E-state index is 0.241. The Bertz CT molecular complexity index is 826. The van der Waals surface area contributed by atoms with E-state index in [0.717, 1.165) is 12.1 Å². The Morgan fingerprint density at radius 3 is 2.58 bits per heavy atom. The molecule has 3 amide bonds. The molecule has 134 valence electrons. The first kappa shape index (κ1) is 17.3. The lowest BCUT2D eigenvalue weighted by atomic mass is 10.2. The summed E-state index contributed by atoms with van der Waals surface area (Å²) >= 11 is 0. The number of imidazole rings is 1. The predicted octanol–water partition coefficient (Wildman–Crippen LogP) is 2.08. The van der Waals surface area contributed by atoms with Crippen LogP contribution < -0.4 is 16.0 Å². The van der Waals surface area contributed by atoms with Crippen molar-refractivity contribution in [1.82, 2.24) is 20.2 Å². The molecule has 8 heteroatoms. The number of carbonyl (C=O) groups excluding carboxylic acids is 2. The van der Waals surface area contributed by atoms with Crippen LogP contribution in [0.1, 0.15) is 16.1 Å². The van der Waals surface area contributed by atoms with E-state index in [9.17, 15) is 9.59 Å². The van der Waals surface area contributed by atoms with Gasteiger partial charge >= 0.3 is 6.03 Å². The van der Waals surface area contributed by atoms with Crippen LogP contribution in [-0.4, -0.2) is 34.6 Å². The highest BCUT2D eigenvalue weighted by atomic mass is 16.3. The standard InChI is InChI=1S/C18H19N5O3/c24-17(16-2-1-11-26-16)20-7-8-21-18(25)22-15-5-3-14(4-6-15)12-23-10-9-19-13-23/h1-6,9-11,13H,7-8,12H2,(H,20,24)(H2,21,22,25). The summed E-state index contributed by atoms with van der Waals surface area (Å²) in [5, 5.41) is 8.07. The maximum absolute atomic E-state index is 11.9. The summed E-state index contributed by atoms with van der Waals surface area (Å²) < 4.78 is 6.94. The van der Waals surface area contributed by atoms with Crippen LogP contribution in [0, 0.1) is 0 Å². The van der Waals surface area contributed by atoms with Crippen LogP contribution in [0.3, 0.4) is 0 Å². The fourth-order valence-electron chi connectivity index (χ4n) is 2.31. The zero-order valence-corrected chi connectivity index (χ0v) is 14.0. The Labute approximate surface area is 150 Å². The molecule has 0 saturated carbocycles. The molecule has 0 aliphatic heterocycles. The Morgan fingerprint density at radius 2 is 1.88 bits per heavy atom. The summed E-state index contributed by atoms with van der Waals surface area (Å²) in [5.41, 5.74) is 1.80. The zero-order chi connectivity index (χ0) is 18.2. The van der Waals surface area contributed by atoms with Crippen LogP contribution >= 0.6 is 0 Å². The zero-order valence-electron chi connectivity index (χ0n) is 14.0. The van der Waals surface area contributed by atoms with Crippen molar-refractivity contribution in [2.45, 2.75) is 6.54 Å². The van der Waals surface area contributed by atoms with E-state index in [0.29, 0.717) is 18.8 Å². The molecule has 3 N–H and O–H groups in total. The first-order valence-electron chi connectivity index (χ1n) is 8.12. The highest BCUT2D eigenvalue weighted by Crippen LogP contribution is 2.10. The lowest BCUT2D eigenvalue weighted by Crippen LogP contribution is -2.36. The third-order valence-electron chi connectivity index (χ3n) is 3.58. The second-order valence-corrected chi connectivity index (χ2v) is 5.55. The molecule has 0 aliphatic rings. The van der Waals surface area contributed by atoms with Gasteiger partial charge in [0.2, 0.25) is 0 Å². The summed E-state index contributed by atoms with van der Waals surface area (Å²) in [4.78, 5) is 27.5. The Kier molecular flexibility index (Phi) is 5.66. The third-order valence-corrected chi connectivity index (χ3v) is 3.58. The Hall–Kier alpha value is -3.55. The van der Waals surface area contributed by atoms with Crippen LogP contribution in [0.5, 0.6) is 0 Å². The van der Waals surface area contributed by atoms with Crippen molar-refractivity contribution in [2.75, 3.05) is 18.4 Å². The van der Waals surface area contributed by atoms with E-state index in [1.807, 2.05) is 35.0 Å². The lowest BCUT2D eigenvalue weighted by molar-refractivity contribution is 0.0926. The molecule has 0 unspecified atom stereocenters. The number of aromatic nitrogens is 2. The number of urea groups is 1. The summed E-state index contributed by atoms with van der Waals surface area (Å²) in [6.45, 7) is 1.33. The van der Waals surface area contributed by atoms with E-state index < -0.39 is 0 Å². The van der Waals surface area contributed by atoms with Gasteiger partial charge in [0.1, 0.15) is 0 Å². The molecule has 3 aromatic rings. The van der Waals surface area contributed by atoms with Gasteiger partial charge in [0.05, 0.1) is 12.6 Å². The van der Waals surface area contributed by atoms with Gasteiger partial charge in [-0.25, -0.2) is 9.78 Å². The van der Waals surface area contributed by atoms with Gasteiger partial charge < -0.3 is 24.9 Å². The van der Waals surface area contributed by atoms with Crippen molar-refractivity contribution in [3.8, 4) is 0 Å². The van der Waals surface area contributed by atoms with Crippen molar-refractivity contribution in [3.63, 3.8) is 0 Å². The maximum atomic E-state index is 11.9. The minimum atomic E-state index is -0.334. The largest absolute Gasteiger partial charge is 0.459 e. The van der Waals surface area contributed by atoms with Gasteiger partial charge in [-0.2, -0.15) is 0 Å². The summed E-state index contributed by atoms with van der Waals surface area (Å²) in [6, 6.07) is 10.4. The Morgan fingerprint density at radius 1 is 1.08 bits per heavy atom.